The minimum atomic E-state index is -0.472. The summed E-state index contributed by atoms with van der Waals surface area (Å²) in [5.41, 5.74) is 5.57. The molecule has 2 bridgehead atoms. The lowest BCUT2D eigenvalue weighted by Crippen LogP contribution is -2.41. The highest BCUT2D eigenvalue weighted by molar-refractivity contribution is 6.43. The third kappa shape index (κ3) is 5.43. The largest absolute Gasteiger partial charge is 0.378 e. The SMILES string of the molecule is Cc1nc2c(F)c(-c3cccc(Cl)c3Cl)c(CCC#N)cc2c2c1cc([C@H]1C[C@H](n3cc(N4CCOCC4)cn3)CN1C(=O)C1CC1)n2[C@H]1[C@H]2CN[C@@H]1C2. The molecule has 6 aliphatic rings. The molecule has 2 aromatic carbocycles. The standard InChI is InChI=1S/C41H41Cl2FN8O2/c1-22-29-17-34(33-16-26(20-50(33)41(53)23-7-8-23)51-21-27(19-47-51)49-10-12-54-13-11-49)52(39-25-15-32(39)46-18-25)40(29)30-14-24(4-3-9-45)35(37(44)38(30)48-22)28-5-2-6-31(42)36(28)43/h2,5-6,14,17,19,21,23,25-26,32-33,39,46H,3-4,7-8,10-13,15-16,18,20H2,1H3/t25-,26+,32-,33-,39+/m1/s1. The van der Waals surface area contributed by atoms with Gasteiger partial charge in [0.25, 0.3) is 0 Å². The summed E-state index contributed by atoms with van der Waals surface area (Å²) in [6.07, 6.45) is 8.26. The normalized spacial score (nSPS) is 25.1. The zero-order valence-electron chi connectivity index (χ0n) is 30.1. The van der Waals surface area contributed by atoms with Gasteiger partial charge >= 0.3 is 0 Å². The number of hydrogen-bond acceptors (Lipinski definition) is 7. The minimum absolute atomic E-state index is 0.00573. The minimum Gasteiger partial charge on any atom is -0.378 e. The molecule has 11 rings (SSSR count). The van der Waals surface area contributed by atoms with Crippen LogP contribution in [0.25, 0.3) is 32.9 Å². The number of nitrogens with zero attached hydrogens (tertiary/aromatic N) is 7. The Morgan fingerprint density at radius 2 is 1.98 bits per heavy atom. The topological polar surface area (TPSA) is 104 Å². The summed E-state index contributed by atoms with van der Waals surface area (Å²) in [7, 11) is 0. The van der Waals surface area contributed by atoms with E-state index in [1.807, 2.05) is 19.2 Å². The van der Waals surface area contributed by atoms with Crippen molar-refractivity contribution in [2.75, 3.05) is 44.3 Å². The van der Waals surface area contributed by atoms with Gasteiger partial charge in [-0.1, -0.05) is 35.3 Å². The molecule has 278 valence electrons. The van der Waals surface area contributed by atoms with Crippen LogP contribution in [0.1, 0.15) is 67.2 Å². The number of nitriles is 1. The molecule has 4 aliphatic heterocycles. The first-order valence-corrected chi connectivity index (χ1v) is 19.9. The van der Waals surface area contributed by atoms with Gasteiger partial charge in [0.2, 0.25) is 5.91 Å². The van der Waals surface area contributed by atoms with Crippen molar-refractivity contribution in [3.63, 3.8) is 0 Å². The Kier molecular flexibility index (Phi) is 8.40. The van der Waals surface area contributed by atoms with Crippen LogP contribution in [0.4, 0.5) is 10.1 Å². The van der Waals surface area contributed by atoms with E-state index in [1.165, 1.54) is 0 Å². The summed E-state index contributed by atoms with van der Waals surface area (Å²) >= 11 is 13.2. The predicted molar refractivity (Wildman–Crippen MR) is 206 cm³/mol. The van der Waals surface area contributed by atoms with Crippen LogP contribution in [0, 0.1) is 35.9 Å². The highest BCUT2D eigenvalue weighted by Crippen LogP contribution is 2.52. The molecule has 1 amide bonds. The van der Waals surface area contributed by atoms with E-state index in [4.69, 9.17) is 38.0 Å². The highest BCUT2D eigenvalue weighted by Gasteiger charge is 2.51. The van der Waals surface area contributed by atoms with E-state index < -0.39 is 5.82 Å². The molecule has 5 atom stereocenters. The van der Waals surface area contributed by atoms with Gasteiger partial charge in [0.05, 0.1) is 64.9 Å². The van der Waals surface area contributed by atoms with Crippen molar-refractivity contribution in [2.45, 2.75) is 69.6 Å². The first kappa shape index (κ1) is 34.3. The molecule has 2 saturated carbocycles. The van der Waals surface area contributed by atoms with Crippen LogP contribution in [0.2, 0.25) is 10.0 Å². The molecule has 7 heterocycles. The maximum absolute atomic E-state index is 17.3. The number of ether oxygens (including phenoxy) is 1. The smallest absolute Gasteiger partial charge is 0.226 e. The van der Waals surface area contributed by atoms with Crippen molar-refractivity contribution in [1.29, 1.82) is 5.26 Å². The quantitative estimate of drug-likeness (QED) is 0.174. The average Bonchev–Trinajstić information content (AvgIpc) is 3.67. The Bertz CT molecular complexity index is 2360. The lowest BCUT2D eigenvalue weighted by molar-refractivity contribution is -0.133. The zero-order valence-corrected chi connectivity index (χ0v) is 31.6. The number of nitrogens with one attached hydrogen (secondary N) is 1. The van der Waals surface area contributed by atoms with Gasteiger partial charge < -0.3 is 24.4 Å². The second-order valence-electron chi connectivity index (χ2n) is 15.7. The van der Waals surface area contributed by atoms with E-state index in [2.05, 4.69) is 42.7 Å². The van der Waals surface area contributed by atoms with Crippen molar-refractivity contribution in [1.82, 2.24) is 29.5 Å². The number of fused-ring (bicyclic) bond motifs is 4. The summed E-state index contributed by atoms with van der Waals surface area (Å²) in [4.78, 5) is 23.5. The van der Waals surface area contributed by atoms with Gasteiger partial charge in [0, 0.05) is 84.0 Å². The molecule has 4 saturated heterocycles. The molecule has 0 spiro atoms. The van der Waals surface area contributed by atoms with Crippen LogP contribution < -0.4 is 10.2 Å². The molecule has 2 aliphatic carbocycles. The number of benzene rings is 2. The number of carbonyl (C=O) groups is 1. The van der Waals surface area contributed by atoms with Crippen molar-refractivity contribution in [3.05, 3.63) is 75.5 Å². The first-order chi connectivity index (χ1) is 26.3. The molecular formula is C41H41Cl2FN8O2. The molecule has 5 aromatic rings. The zero-order chi connectivity index (χ0) is 36.8. The van der Waals surface area contributed by atoms with Crippen LogP contribution in [0.15, 0.2) is 42.7 Å². The second-order valence-corrected chi connectivity index (χ2v) is 16.5. The fourth-order valence-electron chi connectivity index (χ4n) is 9.71. The Morgan fingerprint density at radius 3 is 2.72 bits per heavy atom. The van der Waals surface area contributed by atoms with Crippen LogP contribution in [0.3, 0.4) is 0 Å². The van der Waals surface area contributed by atoms with Gasteiger partial charge in [-0.3, -0.25) is 9.48 Å². The molecule has 54 heavy (non-hydrogen) atoms. The van der Waals surface area contributed by atoms with E-state index in [0.717, 1.165) is 73.3 Å². The Labute approximate surface area is 322 Å². The van der Waals surface area contributed by atoms with Gasteiger partial charge in [0.15, 0.2) is 5.82 Å². The summed E-state index contributed by atoms with van der Waals surface area (Å²) < 4.78 is 27.4. The molecule has 13 heteroatoms. The lowest BCUT2D eigenvalue weighted by Gasteiger charge is -2.39. The fraction of sp³-hybridized carbons (Fsp3) is 0.463. The molecule has 3 aromatic heterocycles. The van der Waals surface area contributed by atoms with Crippen molar-refractivity contribution in [2.24, 2.45) is 11.8 Å². The van der Waals surface area contributed by atoms with Crippen LogP contribution in [-0.4, -0.2) is 75.6 Å². The lowest BCUT2D eigenvalue weighted by atomic mass is 9.79. The molecule has 10 nitrogen and oxygen atoms in total. The van der Waals surface area contributed by atoms with Gasteiger partial charge in [-0.25, -0.2) is 9.37 Å². The van der Waals surface area contributed by atoms with E-state index in [0.29, 0.717) is 59.2 Å². The predicted octanol–water partition coefficient (Wildman–Crippen LogP) is 7.56. The number of anilines is 1. The van der Waals surface area contributed by atoms with Gasteiger partial charge in [-0.05, 0) is 68.7 Å². The Hall–Kier alpha value is -4.21. The van der Waals surface area contributed by atoms with Gasteiger partial charge in [-0.15, -0.1) is 0 Å². The van der Waals surface area contributed by atoms with Crippen LogP contribution in [-0.2, 0) is 16.0 Å². The monoisotopic (exact) mass is 766 g/mol. The summed E-state index contributed by atoms with van der Waals surface area (Å²) in [6.45, 7) is 6.51. The van der Waals surface area contributed by atoms with Crippen LogP contribution in [0.5, 0.6) is 0 Å². The third-order valence-electron chi connectivity index (χ3n) is 12.6. The van der Waals surface area contributed by atoms with Gasteiger partial charge in [0.1, 0.15) is 5.52 Å². The number of pyridine rings is 1. The number of aromatic nitrogens is 4. The number of amides is 1. The van der Waals surface area contributed by atoms with E-state index in [9.17, 15) is 10.1 Å². The maximum Gasteiger partial charge on any atom is 0.226 e. The van der Waals surface area contributed by atoms with E-state index in [-0.39, 0.29) is 53.0 Å². The average molecular weight is 768 g/mol. The van der Waals surface area contributed by atoms with Gasteiger partial charge in [-0.2, -0.15) is 10.4 Å². The number of morpholine rings is 1. The highest BCUT2D eigenvalue weighted by atomic mass is 35.5. The first-order valence-electron chi connectivity index (χ1n) is 19.2. The van der Waals surface area contributed by atoms with Crippen molar-refractivity contribution >= 4 is 56.6 Å². The Morgan fingerprint density at radius 1 is 1.15 bits per heavy atom. The van der Waals surface area contributed by atoms with E-state index >= 15 is 4.39 Å². The summed E-state index contributed by atoms with van der Waals surface area (Å²) in [6, 6.07) is 12.0. The molecule has 0 radical (unpaired) electrons. The third-order valence-corrected chi connectivity index (χ3v) is 13.4. The molecule has 6 fully saturated rings. The van der Waals surface area contributed by atoms with Crippen molar-refractivity contribution < 1.29 is 13.9 Å². The van der Waals surface area contributed by atoms with E-state index in [1.54, 1.807) is 18.2 Å². The molecule has 1 N–H and O–H groups in total. The van der Waals surface area contributed by atoms with Crippen molar-refractivity contribution in [3.8, 4) is 17.2 Å². The fourth-order valence-corrected chi connectivity index (χ4v) is 10.1. The molecular weight excluding hydrogens is 726 g/mol. The van der Waals surface area contributed by atoms with Crippen LogP contribution >= 0.6 is 23.2 Å². The number of halogens is 3. The number of aryl methyl sites for hydroxylation is 2. The number of likely N-dealkylation sites (tertiary alicyclic amines) is 1. The summed E-state index contributed by atoms with van der Waals surface area (Å²) in [5, 5.41) is 20.5. The Balaban J connectivity index is 1.16. The summed E-state index contributed by atoms with van der Waals surface area (Å²) in [5.74, 6) is 0.221. The maximum atomic E-state index is 17.3. The number of carbonyl (C=O) groups excluding carboxylic acids is 1. The second kappa shape index (κ2) is 13.2. The number of hydrogen-bond donors (Lipinski definition) is 1. The number of rotatable bonds is 8. The molecule has 0 unspecified atom stereocenters.